The minimum Gasteiger partial charge on any atom is -1.00 e. The standard InChI is InChI=1S/ClH.4Li.H3N/h1H;;;;;1H3/q;4*+1;. The van der Waals surface area contributed by atoms with Crippen LogP contribution in [0.5, 0.6) is 0 Å². The van der Waals surface area contributed by atoms with Crippen molar-refractivity contribution in [2.75, 3.05) is 0 Å². The normalized spacial score (nSPS) is 0. The third-order valence-electron chi connectivity index (χ3n) is 0. The van der Waals surface area contributed by atoms with E-state index >= 15 is 0 Å². The predicted molar refractivity (Wildman–Crippen MR) is 5.98 cm³/mol. The third kappa shape index (κ3) is 30.3. The molecule has 0 saturated heterocycles. The first kappa shape index (κ1) is 72.4. The van der Waals surface area contributed by atoms with Gasteiger partial charge in [-0.2, -0.15) is 0 Å². The summed E-state index contributed by atoms with van der Waals surface area (Å²) in [7, 11) is 0. The fourth-order valence-electron chi connectivity index (χ4n) is 0. The Morgan fingerprint density at radius 3 is 0.500 bits per heavy atom. The van der Waals surface area contributed by atoms with E-state index < -0.39 is 0 Å². The van der Waals surface area contributed by atoms with Crippen molar-refractivity contribution in [3.05, 3.63) is 0 Å². The molecule has 0 aliphatic rings. The number of halogens is 1. The molecule has 4 N–H and O–H groups in total. The van der Waals surface area contributed by atoms with E-state index in [4.69, 9.17) is 0 Å². The summed E-state index contributed by atoms with van der Waals surface area (Å²) < 4.78 is 0. The molecule has 0 aromatic carbocycles. The Hall–Kier alpha value is 2.64. The zero-order valence-corrected chi connectivity index (χ0v) is 6.13. The van der Waals surface area contributed by atoms with Crippen molar-refractivity contribution < 1.29 is 87.8 Å². The van der Waals surface area contributed by atoms with E-state index in [0.717, 1.165) is 0 Å². The zero-order chi connectivity index (χ0) is 0. The smallest absolute Gasteiger partial charge is 1.00 e. The average molecular weight is 81.3 g/mol. The Balaban J connectivity index is 0. The van der Waals surface area contributed by atoms with E-state index in [2.05, 4.69) is 0 Å². The van der Waals surface area contributed by atoms with Crippen LogP contribution in [0.4, 0.5) is 0 Å². The van der Waals surface area contributed by atoms with Crippen molar-refractivity contribution >= 4 is 0 Å². The summed E-state index contributed by atoms with van der Waals surface area (Å²) in [4.78, 5) is 0. The van der Waals surface area contributed by atoms with Gasteiger partial charge < -0.3 is 18.6 Å². The Bertz CT molecular complexity index is 7.51. The van der Waals surface area contributed by atoms with Gasteiger partial charge >= 0.3 is 75.4 Å². The van der Waals surface area contributed by atoms with Gasteiger partial charge in [0.2, 0.25) is 0 Å². The molecular weight excluding hydrogens is 77.2 g/mol. The molecule has 0 aromatic rings. The van der Waals surface area contributed by atoms with Crippen LogP contribution in [0.3, 0.4) is 0 Å². The van der Waals surface area contributed by atoms with Crippen molar-refractivity contribution in [3.63, 3.8) is 0 Å². The van der Waals surface area contributed by atoms with Crippen LogP contribution >= 0.6 is 0 Å². The first-order valence-corrected chi connectivity index (χ1v) is 0. The molecule has 0 spiro atoms. The van der Waals surface area contributed by atoms with Crippen molar-refractivity contribution in [3.8, 4) is 0 Å². The molecule has 0 amide bonds. The molecule has 0 heterocycles. The Morgan fingerprint density at radius 2 is 0.500 bits per heavy atom. The largest absolute Gasteiger partial charge is 1.00 e. The summed E-state index contributed by atoms with van der Waals surface area (Å²) >= 11 is 0. The van der Waals surface area contributed by atoms with Crippen LogP contribution in [0.25, 0.3) is 0 Å². The number of hydrogen-bond acceptors (Lipinski definition) is 0. The summed E-state index contributed by atoms with van der Waals surface area (Å²) in [5.74, 6) is 0. The maximum absolute atomic E-state index is 0. The van der Waals surface area contributed by atoms with Gasteiger partial charge in [-0.05, 0) is 0 Å². The molecule has 0 saturated carbocycles. The van der Waals surface area contributed by atoms with Crippen LogP contribution in [0.15, 0.2) is 0 Å². The van der Waals surface area contributed by atoms with Crippen molar-refractivity contribution in [2.45, 2.75) is 0 Å². The first-order chi connectivity index (χ1) is 0. The van der Waals surface area contributed by atoms with Crippen LogP contribution in [0.1, 0.15) is 0 Å². The van der Waals surface area contributed by atoms with E-state index in [9.17, 15) is 0 Å². The number of rotatable bonds is 0. The minimum absolute atomic E-state index is 0. The number of quaternary nitrogens is 1. The first-order valence-electron chi connectivity index (χ1n) is 0. The fraction of sp³-hybridized carbons (Fsp3) is 0. The Labute approximate surface area is 92.8 Å². The molecule has 0 fully saturated rings. The molecule has 1 nitrogen and oxygen atoms in total. The quantitative estimate of drug-likeness (QED) is 0.281. The van der Waals surface area contributed by atoms with Gasteiger partial charge in [-0.1, -0.05) is 0 Å². The molecule has 6 heteroatoms. The van der Waals surface area contributed by atoms with Gasteiger partial charge in [-0.3, -0.25) is 0 Å². The minimum atomic E-state index is 0. The molecule has 0 radical (unpaired) electrons. The molecule has 0 aromatic heterocycles. The van der Waals surface area contributed by atoms with Crippen LogP contribution in [-0.2, 0) is 0 Å². The summed E-state index contributed by atoms with van der Waals surface area (Å²) in [6, 6.07) is 0. The average Bonchev–Trinajstić information content (AvgIpc) is 0. The van der Waals surface area contributed by atoms with E-state index in [1.54, 1.807) is 0 Å². The molecular formula is H4ClLi4N+4. The second-order valence-corrected chi connectivity index (χ2v) is 0. The van der Waals surface area contributed by atoms with E-state index in [-0.39, 0.29) is 94.0 Å². The van der Waals surface area contributed by atoms with Gasteiger partial charge in [0, 0.05) is 0 Å². The molecule has 0 unspecified atom stereocenters. The van der Waals surface area contributed by atoms with E-state index in [1.807, 2.05) is 0 Å². The van der Waals surface area contributed by atoms with Crippen LogP contribution < -0.4 is 94.0 Å². The second kappa shape index (κ2) is 48.3. The summed E-state index contributed by atoms with van der Waals surface area (Å²) in [6.45, 7) is 0. The summed E-state index contributed by atoms with van der Waals surface area (Å²) in [6.07, 6.45) is 0. The van der Waals surface area contributed by atoms with Gasteiger partial charge in [0.25, 0.3) is 0 Å². The van der Waals surface area contributed by atoms with Gasteiger partial charge in [-0.25, -0.2) is 0 Å². The fourth-order valence-corrected chi connectivity index (χ4v) is 0. The SMILES string of the molecule is [Cl-].[Li+].[Li+].[Li+].[Li+].[NH4+]. The van der Waals surface area contributed by atoms with Crippen LogP contribution in [0.2, 0.25) is 0 Å². The van der Waals surface area contributed by atoms with Gasteiger partial charge in [0.05, 0.1) is 0 Å². The van der Waals surface area contributed by atoms with Gasteiger partial charge in [0.1, 0.15) is 0 Å². The molecule has 0 aliphatic carbocycles. The molecule has 0 rings (SSSR count). The van der Waals surface area contributed by atoms with Crippen molar-refractivity contribution in [1.82, 2.24) is 6.15 Å². The third-order valence-corrected chi connectivity index (χ3v) is 0. The molecule has 0 bridgehead atoms. The molecule has 16 valence electrons. The van der Waals surface area contributed by atoms with E-state index in [0.29, 0.717) is 0 Å². The number of hydrogen-bond donors (Lipinski definition) is 1. The topological polar surface area (TPSA) is 36.5 Å². The Morgan fingerprint density at radius 1 is 0.500 bits per heavy atom. The summed E-state index contributed by atoms with van der Waals surface area (Å²) in [5.41, 5.74) is 0. The van der Waals surface area contributed by atoms with Crippen LogP contribution in [0, 0.1) is 0 Å². The maximum atomic E-state index is 0. The van der Waals surface area contributed by atoms with Gasteiger partial charge in [0.15, 0.2) is 0 Å². The van der Waals surface area contributed by atoms with Crippen molar-refractivity contribution in [1.29, 1.82) is 0 Å². The second-order valence-electron chi connectivity index (χ2n) is 0. The zero-order valence-electron chi connectivity index (χ0n) is 5.38. The summed E-state index contributed by atoms with van der Waals surface area (Å²) in [5, 5.41) is 0. The van der Waals surface area contributed by atoms with Crippen molar-refractivity contribution in [2.24, 2.45) is 0 Å². The molecule has 0 aliphatic heterocycles. The molecule has 6 heavy (non-hydrogen) atoms. The Kier molecular flexibility index (Phi) is 583. The van der Waals surface area contributed by atoms with E-state index in [1.165, 1.54) is 0 Å². The monoisotopic (exact) mass is 81.1 g/mol. The van der Waals surface area contributed by atoms with Gasteiger partial charge in [-0.15, -0.1) is 0 Å². The molecule has 0 atom stereocenters. The predicted octanol–water partition coefficient (Wildman–Crippen LogP) is -14.6. The van der Waals surface area contributed by atoms with Crippen LogP contribution in [-0.4, -0.2) is 0 Å². The maximum Gasteiger partial charge on any atom is 1.00 e.